The number of thioether (sulfide) groups is 1. The summed E-state index contributed by atoms with van der Waals surface area (Å²) >= 11 is 1.85. The van der Waals surface area contributed by atoms with Gasteiger partial charge in [0.1, 0.15) is 0 Å². The lowest BCUT2D eigenvalue weighted by Crippen LogP contribution is -2.07. The summed E-state index contributed by atoms with van der Waals surface area (Å²) in [4.78, 5) is 5.26. The largest absolute Gasteiger partial charge is 0.377 e. The first-order valence-electron chi connectivity index (χ1n) is 4.59. The average molecular weight is 195 g/mol. The summed E-state index contributed by atoms with van der Waals surface area (Å²) in [5.41, 5.74) is 0. The summed E-state index contributed by atoms with van der Waals surface area (Å²) in [5.74, 6) is 1.07. The van der Waals surface area contributed by atoms with Gasteiger partial charge >= 0.3 is 0 Å². The van der Waals surface area contributed by atoms with Crippen LogP contribution >= 0.6 is 11.8 Å². The Morgan fingerprint density at radius 2 is 2.31 bits per heavy atom. The van der Waals surface area contributed by atoms with E-state index in [0.717, 1.165) is 12.4 Å². The molecule has 1 saturated heterocycles. The van der Waals surface area contributed by atoms with Gasteiger partial charge in [-0.05, 0) is 25.0 Å². The minimum Gasteiger partial charge on any atom is -0.377 e. The first kappa shape index (κ1) is 9.03. The second kappa shape index (κ2) is 4.63. The summed E-state index contributed by atoms with van der Waals surface area (Å²) in [6.07, 6.45) is 6.58. The third-order valence-electron chi connectivity index (χ3n) is 2.11. The Bertz CT molecular complexity index is 246. The van der Waals surface area contributed by atoms with E-state index in [4.69, 9.17) is 4.74 Å². The van der Waals surface area contributed by atoms with Crippen molar-refractivity contribution in [3.63, 3.8) is 0 Å². The highest BCUT2D eigenvalue weighted by atomic mass is 32.2. The van der Waals surface area contributed by atoms with Crippen LogP contribution < -0.4 is 0 Å². The molecule has 0 radical (unpaired) electrons. The quantitative estimate of drug-likeness (QED) is 0.691. The van der Waals surface area contributed by atoms with Gasteiger partial charge in [0.15, 0.2) is 0 Å². The average Bonchev–Trinajstić information content (AvgIpc) is 2.69. The van der Waals surface area contributed by atoms with Crippen LogP contribution in [0.1, 0.15) is 12.8 Å². The van der Waals surface area contributed by atoms with E-state index in [2.05, 4.69) is 4.98 Å². The Hall–Kier alpha value is -0.540. The number of aromatic nitrogens is 1. The van der Waals surface area contributed by atoms with Gasteiger partial charge in [-0.2, -0.15) is 0 Å². The van der Waals surface area contributed by atoms with Crippen molar-refractivity contribution >= 4 is 11.8 Å². The van der Waals surface area contributed by atoms with Gasteiger partial charge in [-0.25, -0.2) is 0 Å². The van der Waals surface area contributed by atoms with E-state index in [0.29, 0.717) is 6.10 Å². The van der Waals surface area contributed by atoms with E-state index in [1.165, 1.54) is 17.7 Å². The van der Waals surface area contributed by atoms with Crippen molar-refractivity contribution < 1.29 is 4.74 Å². The van der Waals surface area contributed by atoms with Crippen molar-refractivity contribution in [2.24, 2.45) is 0 Å². The highest BCUT2D eigenvalue weighted by Gasteiger charge is 2.15. The van der Waals surface area contributed by atoms with Gasteiger partial charge in [0, 0.05) is 29.6 Å². The van der Waals surface area contributed by atoms with Crippen LogP contribution in [0.4, 0.5) is 0 Å². The molecule has 1 aromatic heterocycles. The first-order chi connectivity index (χ1) is 6.45. The summed E-state index contributed by atoms with van der Waals surface area (Å²) < 4.78 is 5.54. The molecule has 0 aromatic carbocycles. The maximum Gasteiger partial charge on any atom is 0.0669 e. The van der Waals surface area contributed by atoms with Gasteiger partial charge in [0.05, 0.1) is 6.10 Å². The fourth-order valence-electron chi connectivity index (χ4n) is 1.40. The molecule has 0 spiro atoms. The van der Waals surface area contributed by atoms with Crippen molar-refractivity contribution in [1.82, 2.24) is 4.98 Å². The Morgan fingerprint density at radius 1 is 1.46 bits per heavy atom. The van der Waals surface area contributed by atoms with Gasteiger partial charge in [-0.3, -0.25) is 4.98 Å². The molecule has 1 aliphatic rings. The van der Waals surface area contributed by atoms with E-state index in [1.807, 2.05) is 36.3 Å². The molecule has 1 aliphatic heterocycles. The molecule has 13 heavy (non-hydrogen) atoms. The Labute approximate surface area is 82.7 Å². The monoisotopic (exact) mass is 195 g/mol. The van der Waals surface area contributed by atoms with Crippen LogP contribution in [0.3, 0.4) is 0 Å². The highest BCUT2D eigenvalue weighted by molar-refractivity contribution is 7.99. The molecule has 1 aromatic rings. The minimum absolute atomic E-state index is 0.471. The van der Waals surface area contributed by atoms with E-state index >= 15 is 0 Å². The molecule has 2 heterocycles. The van der Waals surface area contributed by atoms with Gasteiger partial charge in [-0.1, -0.05) is 0 Å². The number of rotatable bonds is 3. The molecule has 1 atom stereocenters. The van der Waals surface area contributed by atoms with Crippen LogP contribution in [0.2, 0.25) is 0 Å². The second-order valence-corrected chi connectivity index (χ2v) is 4.22. The standard InChI is InChI=1S/C10H13NOS/c1-2-9(12-7-1)8-13-10-3-5-11-6-4-10/h3-6,9H,1-2,7-8H2. The van der Waals surface area contributed by atoms with Gasteiger partial charge in [0.25, 0.3) is 0 Å². The molecule has 0 amide bonds. The van der Waals surface area contributed by atoms with Crippen LogP contribution in [0.25, 0.3) is 0 Å². The predicted octanol–water partition coefficient (Wildman–Crippen LogP) is 2.35. The highest BCUT2D eigenvalue weighted by Crippen LogP contribution is 2.22. The number of pyridine rings is 1. The molecule has 0 aliphatic carbocycles. The SMILES string of the molecule is c1cc(SCC2CCCO2)ccn1. The number of ether oxygens (including phenoxy) is 1. The van der Waals surface area contributed by atoms with Crippen LogP contribution in [0, 0.1) is 0 Å². The molecular weight excluding hydrogens is 182 g/mol. The van der Waals surface area contributed by atoms with E-state index in [-0.39, 0.29) is 0 Å². The molecule has 2 rings (SSSR count). The lowest BCUT2D eigenvalue weighted by Gasteiger charge is -2.07. The summed E-state index contributed by atoms with van der Waals surface area (Å²) in [5, 5.41) is 0. The van der Waals surface area contributed by atoms with Gasteiger partial charge < -0.3 is 4.74 Å². The number of hydrogen-bond donors (Lipinski definition) is 0. The normalized spacial score (nSPS) is 22.0. The van der Waals surface area contributed by atoms with Crippen LogP contribution in [0.5, 0.6) is 0 Å². The van der Waals surface area contributed by atoms with Crippen LogP contribution in [-0.4, -0.2) is 23.4 Å². The van der Waals surface area contributed by atoms with E-state index in [1.54, 1.807) is 0 Å². The lowest BCUT2D eigenvalue weighted by molar-refractivity contribution is 0.129. The topological polar surface area (TPSA) is 22.1 Å². The molecular formula is C10H13NOS. The smallest absolute Gasteiger partial charge is 0.0669 e. The van der Waals surface area contributed by atoms with Gasteiger partial charge in [-0.15, -0.1) is 11.8 Å². The van der Waals surface area contributed by atoms with Crippen LogP contribution in [-0.2, 0) is 4.74 Å². The van der Waals surface area contributed by atoms with Gasteiger partial charge in [0.2, 0.25) is 0 Å². The first-order valence-corrected chi connectivity index (χ1v) is 5.58. The minimum atomic E-state index is 0.471. The molecule has 1 fully saturated rings. The van der Waals surface area contributed by atoms with E-state index < -0.39 is 0 Å². The van der Waals surface area contributed by atoms with Crippen molar-refractivity contribution in [3.05, 3.63) is 24.5 Å². The van der Waals surface area contributed by atoms with Crippen LogP contribution in [0.15, 0.2) is 29.4 Å². The molecule has 70 valence electrons. The molecule has 1 unspecified atom stereocenters. The third kappa shape index (κ3) is 2.71. The fraction of sp³-hybridized carbons (Fsp3) is 0.500. The molecule has 0 saturated carbocycles. The van der Waals surface area contributed by atoms with Crippen molar-refractivity contribution in [1.29, 1.82) is 0 Å². The molecule has 2 nitrogen and oxygen atoms in total. The zero-order valence-electron chi connectivity index (χ0n) is 7.48. The molecule has 0 N–H and O–H groups in total. The zero-order valence-corrected chi connectivity index (χ0v) is 8.30. The van der Waals surface area contributed by atoms with E-state index in [9.17, 15) is 0 Å². The Balaban J connectivity index is 1.79. The second-order valence-electron chi connectivity index (χ2n) is 3.13. The molecule has 0 bridgehead atoms. The predicted molar refractivity (Wildman–Crippen MR) is 53.9 cm³/mol. The summed E-state index contributed by atoms with van der Waals surface area (Å²) in [6.45, 7) is 0.946. The number of hydrogen-bond acceptors (Lipinski definition) is 3. The van der Waals surface area contributed by atoms with Crippen molar-refractivity contribution in [2.75, 3.05) is 12.4 Å². The summed E-state index contributed by atoms with van der Waals surface area (Å²) in [7, 11) is 0. The Morgan fingerprint density at radius 3 is 3.00 bits per heavy atom. The Kier molecular flexibility index (Phi) is 3.22. The zero-order chi connectivity index (χ0) is 8.93. The van der Waals surface area contributed by atoms with Crippen molar-refractivity contribution in [3.8, 4) is 0 Å². The summed E-state index contributed by atoms with van der Waals surface area (Å²) in [6, 6.07) is 4.08. The number of nitrogens with zero attached hydrogens (tertiary/aromatic N) is 1. The maximum absolute atomic E-state index is 5.54. The maximum atomic E-state index is 5.54. The van der Waals surface area contributed by atoms with Crippen molar-refractivity contribution in [2.45, 2.75) is 23.8 Å². The lowest BCUT2D eigenvalue weighted by atomic mass is 10.3. The fourth-order valence-corrected chi connectivity index (χ4v) is 2.35. The molecule has 3 heteroatoms. The third-order valence-corrected chi connectivity index (χ3v) is 3.25.